The Morgan fingerprint density at radius 3 is 2.64 bits per heavy atom. The second-order valence-corrected chi connectivity index (χ2v) is 12.1. The summed E-state index contributed by atoms with van der Waals surface area (Å²) in [6.45, 7) is 12.1. The van der Waals surface area contributed by atoms with Crippen LogP contribution < -0.4 is 14.5 Å². The number of rotatable bonds is 2. The predicted molar refractivity (Wildman–Crippen MR) is 91.1 cm³/mol. The summed E-state index contributed by atoms with van der Waals surface area (Å²) < 4.78 is 12.2. The van der Waals surface area contributed by atoms with Crippen LogP contribution in [0.25, 0.3) is 0 Å². The zero-order valence-electron chi connectivity index (χ0n) is 14.3. The number of carbonyl (C=O) groups excluding carboxylic acids is 1. The van der Waals surface area contributed by atoms with Gasteiger partial charge in [-0.3, -0.25) is 4.79 Å². The summed E-state index contributed by atoms with van der Waals surface area (Å²) >= 11 is 0. The van der Waals surface area contributed by atoms with Crippen molar-refractivity contribution in [1.29, 1.82) is 0 Å². The summed E-state index contributed by atoms with van der Waals surface area (Å²) in [5.41, 5.74) is 1.15. The van der Waals surface area contributed by atoms with E-state index < -0.39 is 8.32 Å². The quantitative estimate of drug-likeness (QED) is 0.848. The molecule has 1 N–H and O–H groups in total. The summed E-state index contributed by atoms with van der Waals surface area (Å²) in [5.74, 6) is 1.60. The first kappa shape index (κ1) is 16.9. The van der Waals surface area contributed by atoms with Crippen LogP contribution in [0.2, 0.25) is 18.1 Å². The van der Waals surface area contributed by atoms with Gasteiger partial charge in [0.1, 0.15) is 5.75 Å². The molecule has 22 heavy (non-hydrogen) atoms. The lowest BCUT2D eigenvalue weighted by Crippen LogP contribution is -2.44. The van der Waals surface area contributed by atoms with Gasteiger partial charge in [-0.2, -0.15) is 0 Å². The zero-order chi connectivity index (χ0) is 16.4. The number of ether oxygens (including phenoxy) is 1. The molecular weight excluding hydrogens is 294 g/mol. The highest BCUT2D eigenvalue weighted by molar-refractivity contribution is 6.74. The van der Waals surface area contributed by atoms with Crippen LogP contribution in [0.5, 0.6) is 11.5 Å². The lowest BCUT2D eigenvalue weighted by Gasteiger charge is -2.37. The van der Waals surface area contributed by atoms with Crippen LogP contribution >= 0.6 is 0 Å². The molecule has 5 heteroatoms. The molecule has 0 spiro atoms. The average Bonchev–Trinajstić information content (AvgIpc) is 2.39. The van der Waals surface area contributed by atoms with E-state index in [2.05, 4.69) is 45.2 Å². The molecule has 2 bridgehead atoms. The smallest absolute Gasteiger partial charge is 0.250 e. The van der Waals surface area contributed by atoms with E-state index in [1.165, 1.54) is 0 Å². The minimum absolute atomic E-state index is 0.0389. The first-order chi connectivity index (χ1) is 10.2. The molecule has 0 saturated heterocycles. The fourth-order valence-corrected chi connectivity index (χ4v) is 3.05. The third kappa shape index (κ3) is 4.03. The Hall–Kier alpha value is -1.49. The van der Waals surface area contributed by atoms with Crippen LogP contribution in [-0.4, -0.2) is 27.4 Å². The van der Waals surface area contributed by atoms with E-state index in [1.807, 2.05) is 12.1 Å². The Morgan fingerprint density at radius 1 is 1.23 bits per heavy atom. The van der Waals surface area contributed by atoms with Crippen LogP contribution in [0.15, 0.2) is 18.2 Å². The number of fused-ring (bicyclic) bond motifs is 2. The highest BCUT2D eigenvalue weighted by Crippen LogP contribution is 2.40. The number of carbonyl (C=O) groups is 1. The standard InChI is InChI=1S/C17H27NO3Si/c1-17(2,3)22(4,5)21-14-7-6-13-8-10-18-16(19)9-11-20-15(14)12-13/h6-7,12H,8-11H2,1-5H3,(H,18,19). The van der Waals surface area contributed by atoms with Gasteiger partial charge in [-0.15, -0.1) is 0 Å². The molecule has 1 amide bonds. The topological polar surface area (TPSA) is 47.6 Å². The van der Waals surface area contributed by atoms with Gasteiger partial charge in [0.15, 0.2) is 5.75 Å². The van der Waals surface area contributed by atoms with E-state index in [0.29, 0.717) is 19.6 Å². The SMILES string of the molecule is CC(C)(C)[Si](C)(C)Oc1ccc2cc1OCCC(=O)NCC2. The van der Waals surface area contributed by atoms with Crippen LogP contribution in [0.4, 0.5) is 0 Å². The molecule has 1 heterocycles. The maximum absolute atomic E-state index is 11.6. The molecule has 0 aromatic heterocycles. The van der Waals surface area contributed by atoms with E-state index in [0.717, 1.165) is 23.5 Å². The second-order valence-electron chi connectivity index (χ2n) is 7.34. The van der Waals surface area contributed by atoms with Crippen molar-refractivity contribution in [3.63, 3.8) is 0 Å². The van der Waals surface area contributed by atoms with Gasteiger partial charge in [-0.05, 0) is 42.2 Å². The molecule has 0 unspecified atom stereocenters. The van der Waals surface area contributed by atoms with Crippen LogP contribution in [0.1, 0.15) is 32.8 Å². The average molecular weight is 321 g/mol. The summed E-state index contributed by atoms with van der Waals surface area (Å²) in [6.07, 6.45) is 1.19. The van der Waals surface area contributed by atoms with Crippen molar-refractivity contribution in [3.05, 3.63) is 23.8 Å². The maximum atomic E-state index is 11.6. The Kier molecular flexibility index (Phi) is 4.85. The van der Waals surface area contributed by atoms with Gasteiger partial charge in [0.05, 0.1) is 13.0 Å². The number of hydrogen-bond acceptors (Lipinski definition) is 3. The number of benzene rings is 1. The van der Waals surface area contributed by atoms with E-state index in [4.69, 9.17) is 9.16 Å². The molecule has 1 aromatic carbocycles. The van der Waals surface area contributed by atoms with Gasteiger partial charge in [0, 0.05) is 6.54 Å². The monoisotopic (exact) mass is 321 g/mol. The Bertz CT molecular complexity index is 549. The molecule has 0 aliphatic carbocycles. The molecule has 122 valence electrons. The zero-order valence-corrected chi connectivity index (χ0v) is 15.3. The Labute approximate surface area is 134 Å². The minimum atomic E-state index is -1.91. The summed E-state index contributed by atoms with van der Waals surface area (Å²) in [4.78, 5) is 11.6. The van der Waals surface area contributed by atoms with Crippen molar-refractivity contribution in [2.24, 2.45) is 0 Å². The molecule has 1 aliphatic rings. The third-order valence-electron chi connectivity index (χ3n) is 4.50. The molecule has 0 fully saturated rings. The van der Waals surface area contributed by atoms with Gasteiger partial charge in [0.2, 0.25) is 5.91 Å². The summed E-state index contributed by atoms with van der Waals surface area (Å²) in [6, 6.07) is 6.11. The molecule has 1 aromatic rings. The molecule has 1 aliphatic heterocycles. The van der Waals surface area contributed by atoms with Crippen molar-refractivity contribution in [2.45, 2.75) is 51.7 Å². The maximum Gasteiger partial charge on any atom is 0.250 e. The van der Waals surface area contributed by atoms with Crippen LogP contribution in [0.3, 0.4) is 0 Å². The molecule has 2 rings (SSSR count). The van der Waals surface area contributed by atoms with E-state index in [9.17, 15) is 4.79 Å². The van der Waals surface area contributed by atoms with Gasteiger partial charge in [0.25, 0.3) is 8.32 Å². The van der Waals surface area contributed by atoms with Gasteiger partial charge in [-0.1, -0.05) is 26.8 Å². The summed E-state index contributed by atoms with van der Waals surface area (Å²) in [7, 11) is -1.91. The molecule has 4 nitrogen and oxygen atoms in total. The van der Waals surface area contributed by atoms with Gasteiger partial charge >= 0.3 is 0 Å². The van der Waals surface area contributed by atoms with E-state index >= 15 is 0 Å². The number of amides is 1. The normalized spacial score (nSPS) is 16.5. The largest absolute Gasteiger partial charge is 0.541 e. The Balaban J connectivity index is 2.26. The first-order valence-electron chi connectivity index (χ1n) is 7.90. The highest BCUT2D eigenvalue weighted by atomic mass is 28.4. The van der Waals surface area contributed by atoms with Crippen molar-refractivity contribution >= 4 is 14.2 Å². The lowest BCUT2D eigenvalue weighted by molar-refractivity contribution is -0.121. The van der Waals surface area contributed by atoms with Crippen LogP contribution in [-0.2, 0) is 11.2 Å². The number of nitrogens with one attached hydrogen (secondary N) is 1. The van der Waals surface area contributed by atoms with Gasteiger partial charge < -0.3 is 14.5 Å². The molecular formula is C17H27NO3Si. The highest BCUT2D eigenvalue weighted by Gasteiger charge is 2.39. The summed E-state index contributed by atoms with van der Waals surface area (Å²) in [5, 5.41) is 3.02. The fraction of sp³-hybridized carbons (Fsp3) is 0.588. The lowest BCUT2D eigenvalue weighted by atomic mass is 10.1. The first-order valence-corrected chi connectivity index (χ1v) is 10.8. The molecule has 0 saturated carbocycles. The van der Waals surface area contributed by atoms with Gasteiger partial charge in [-0.25, -0.2) is 0 Å². The number of hydrogen-bond donors (Lipinski definition) is 1. The van der Waals surface area contributed by atoms with Crippen molar-refractivity contribution in [2.75, 3.05) is 13.2 Å². The van der Waals surface area contributed by atoms with Crippen molar-refractivity contribution < 1.29 is 14.0 Å². The van der Waals surface area contributed by atoms with Crippen molar-refractivity contribution in [3.8, 4) is 11.5 Å². The fourth-order valence-electron chi connectivity index (χ4n) is 2.02. The van der Waals surface area contributed by atoms with E-state index in [-0.39, 0.29) is 10.9 Å². The predicted octanol–water partition coefficient (Wildman–Crippen LogP) is 3.51. The Morgan fingerprint density at radius 2 is 1.95 bits per heavy atom. The molecule has 0 radical (unpaired) electrons. The van der Waals surface area contributed by atoms with Crippen LogP contribution in [0, 0.1) is 0 Å². The second kappa shape index (κ2) is 6.32. The minimum Gasteiger partial charge on any atom is -0.541 e. The van der Waals surface area contributed by atoms with Crippen molar-refractivity contribution in [1.82, 2.24) is 5.32 Å². The third-order valence-corrected chi connectivity index (χ3v) is 8.84. The van der Waals surface area contributed by atoms with E-state index in [1.54, 1.807) is 0 Å². The molecule has 0 atom stereocenters.